The number of aliphatic hydroxyl groups is 11. The fraction of sp³-hybridized carbons (Fsp3) is 0.794. The summed E-state index contributed by atoms with van der Waals surface area (Å²) >= 11 is 0. The number of hydrogen-bond acceptors (Lipinski definition) is 18. The van der Waals surface area contributed by atoms with Crippen LogP contribution in [0.5, 0.6) is 0 Å². The summed E-state index contributed by atoms with van der Waals surface area (Å²) in [5, 5.41) is 120. The van der Waals surface area contributed by atoms with Crippen molar-refractivity contribution in [2.75, 3.05) is 26.4 Å². The van der Waals surface area contributed by atoms with Crippen LogP contribution >= 0.6 is 0 Å². The highest BCUT2D eigenvalue weighted by Crippen LogP contribution is 2.33. The summed E-state index contributed by atoms with van der Waals surface area (Å²) in [4.78, 5) is 13.3. The van der Waals surface area contributed by atoms with Gasteiger partial charge in [0, 0.05) is 6.42 Å². The van der Waals surface area contributed by atoms with Crippen molar-refractivity contribution in [1.29, 1.82) is 0 Å². The number of unbranched alkanes of at least 4 members (excludes halogenated alkanes) is 19. The van der Waals surface area contributed by atoms with Gasteiger partial charge in [0.05, 0.1) is 38.6 Å². The molecule has 19 nitrogen and oxygen atoms in total. The number of carbonyl (C=O) groups is 1. The van der Waals surface area contributed by atoms with Gasteiger partial charge in [-0.3, -0.25) is 4.79 Å². The van der Waals surface area contributed by atoms with E-state index in [0.29, 0.717) is 12.8 Å². The summed E-state index contributed by atoms with van der Waals surface area (Å²) in [6, 6.07) is -0.999. The molecule has 0 aromatic heterocycles. The maximum absolute atomic E-state index is 13.3. The minimum absolute atomic E-state index is 0.226. The highest BCUT2D eigenvalue weighted by molar-refractivity contribution is 5.76. The van der Waals surface area contributed by atoms with Crippen molar-refractivity contribution in [3.63, 3.8) is 0 Å². The summed E-state index contributed by atoms with van der Waals surface area (Å²) in [5.41, 5.74) is 0. The van der Waals surface area contributed by atoms with Crippen LogP contribution in [-0.2, 0) is 33.2 Å². The van der Waals surface area contributed by atoms with Gasteiger partial charge in [0.15, 0.2) is 18.9 Å². The Morgan fingerprint density at radius 2 is 0.854 bits per heavy atom. The third kappa shape index (κ3) is 28.6. The van der Waals surface area contributed by atoms with Crippen LogP contribution in [0.25, 0.3) is 0 Å². The zero-order valence-corrected chi connectivity index (χ0v) is 49.4. The molecule has 3 heterocycles. The number of nitrogens with one attached hydrogen (secondary N) is 1. The molecule has 474 valence electrons. The molecule has 19 heteroatoms. The van der Waals surface area contributed by atoms with Crippen molar-refractivity contribution in [2.45, 2.75) is 291 Å². The predicted octanol–water partition coefficient (Wildman–Crippen LogP) is 6.21. The zero-order chi connectivity index (χ0) is 59.7. The Morgan fingerprint density at radius 3 is 1.35 bits per heavy atom. The second-order valence-corrected chi connectivity index (χ2v) is 22.1. The van der Waals surface area contributed by atoms with Gasteiger partial charge in [0.25, 0.3) is 0 Å². The van der Waals surface area contributed by atoms with Gasteiger partial charge >= 0.3 is 0 Å². The molecule has 3 fully saturated rings. The third-order valence-corrected chi connectivity index (χ3v) is 15.2. The largest absolute Gasteiger partial charge is 0.394 e. The summed E-state index contributed by atoms with van der Waals surface area (Å²) in [7, 11) is 0. The monoisotopic (exact) mass is 1170 g/mol. The first-order valence-electron chi connectivity index (χ1n) is 31.2. The molecule has 3 aliphatic heterocycles. The second-order valence-electron chi connectivity index (χ2n) is 22.1. The lowest BCUT2D eigenvalue weighted by molar-refractivity contribution is -0.379. The number of amides is 1. The summed E-state index contributed by atoms with van der Waals surface area (Å²) in [5.74, 6) is -0.297. The molecule has 0 aromatic rings. The molecule has 0 saturated carbocycles. The number of aliphatic hydroxyl groups excluding tert-OH is 11. The molecule has 17 unspecified atom stereocenters. The molecule has 3 aliphatic rings. The number of allylic oxidation sites excluding steroid dienone is 11. The van der Waals surface area contributed by atoms with E-state index in [2.05, 4.69) is 79.9 Å². The predicted molar refractivity (Wildman–Crippen MR) is 314 cm³/mol. The fourth-order valence-electron chi connectivity index (χ4n) is 10.1. The summed E-state index contributed by atoms with van der Waals surface area (Å²) in [6.07, 6.45) is 27.7. The van der Waals surface area contributed by atoms with Crippen molar-refractivity contribution in [3.8, 4) is 0 Å². The van der Waals surface area contributed by atoms with E-state index < -0.39 is 124 Å². The van der Waals surface area contributed by atoms with Gasteiger partial charge in [-0.1, -0.05) is 177 Å². The van der Waals surface area contributed by atoms with Crippen molar-refractivity contribution in [1.82, 2.24) is 5.32 Å². The Kier molecular flexibility index (Phi) is 40.8. The first kappa shape index (κ1) is 73.5. The first-order valence-corrected chi connectivity index (χ1v) is 31.2. The third-order valence-electron chi connectivity index (χ3n) is 15.2. The molecule has 0 aromatic carbocycles. The zero-order valence-electron chi connectivity index (χ0n) is 49.4. The normalized spacial score (nSPS) is 30.1. The average molecular weight is 1170 g/mol. The Labute approximate surface area is 489 Å². The summed E-state index contributed by atoms with van der Waals surface area (Å²) in [6.45, 7) is 1.53. The first-order chi connectivity index (χ1) is 39.8. The standard InChI is InChI=1S/C63H109NO18/c1-3-5-7-9-11-13-15-16-17-18-19-20-21-22-23-24-25-26-27-28-29-30-31-33-35-37-39-41-51(69)64-46(47(68)40-38-36-34-32-14-12-10-8-6-4-2)45-77-61-57(75)54(72)59(49(43-66)79-61)82-63-58(76)55(73)60(50(44-67)80-63)81-62-56(74)53(71)52(70)48(42-65)78-62/h6,8,14-16,18-19,21-22,32,38,40,46-50,52-63,65-68,70-76H,3-5,7,9-13,17,20,23-31,33-37,39,41-45H2,1-2H3,(H,64,69)/b8-6+,16-15-,19-18-,22-21-,32-14+,40-38+. The van der Waals surface area contributed by atoms with Gasteiger partial charge in [0.1, 0.15) is 73.2 Å². The Balaban J connectivity index is 1.42. The average Bonchev–Trinajstić information content (AvgIpc) is 3.65. The molecular weight excluding hydrogens is 1060 g/mol. The van der Waals surface area contributed by atoms with E-state index in [4.69, 9.17) is 28.4 Å². The SMILES string of the molecule is CC/C=C/CC/C=C/CC/C=C/C(O)C(COC1OC(CO)C(OC2OC(CO)C(OC3OC(CO)C(O)C(O)C3O)C(O)C2O)C(O)C1O)NC(=O)CCCCCCCCCCCCCC/C=C\C/C=C\C/C=C\CCCCCCC. The van der Waals surface area contributed by atoms with E-state index in [9.17, 15) is 61.0 Å². The van der Waals surface area contributed by atoms with Crippen LogP contribution in [0.15, 0.2) is 72.9 Å². The van der Waals surface area contributed by atoms with Gasteiger partial charge in [-0.15, -0.1) is 0 Å². The number of carbonyl (C=O) groups excluding carboxylic acids is 1. The highest BCUT2D eigenvalue weighted by atomic mass is 16.8. The van der Waals surface area contributed by atoms with E-state index in [-0.39, 0.29) is 18.9 Å². The van der Waals surface area contributed by atoms with Crippen LogP contribution in [0.2, 0.25) is 0 Å². The van der Waals surface area contributed by atoms with Crippen LogP contribution in [0.4, 0.5) is 0 Å². The van der Waals surface area contributed by atoms with Gasteiger partial charge in [-0.05, 0) is 77.0 Å². The maximum Gasteiger partial charge on any atom is 0.220 e. The lowest BCUT2D eigenvalue weighted by Gasteiger charge is -2.48. The molecule has 0 spiro atoms. The fourth-order valence-corrected chi connectivity index (χ4v) is 10.1. The Bertz CT molecular complexity index is 1780. The van der Waals surface area contributed by atoms with E-state index in [1.807, 2.05) is 6.08 Å². The topological polar surface area (TPSA) is 307 Å². The molecular formula is C63H109NO18. The Morgan fingerprint density at radius 1 is 0.451 bits per heavy atom. The summed E-state index contributed by atoms with van der Waals surface area (Å²) < 4.78 is 34.2. The molecule has 0 bridgehead atoms. The Hall–Kier alpha value is -2.77. The van der Waals surface area contributed by atoms with E-state index in [0.717, 1.165) is 70.6 Å². The molecule has 12 N–H and O–H groups in total. The quantitative estimate of drug-likeness (QED) is 0.0238. The smallest absolute Gasteiger partial charge is 0.220 e. The molecule has 0 radical (unpaired) electrons. The van der Waals surface area contributed by atoms with E-state index >= 15 is 0 Å². The molecule has 3 rings (SSSR count). The minimum atomic E-state index is -1.98. The van der Waals surface area contributed by atoms with Crippen LogP contribution in [0.1, 0.15) is 187 Å². The van der Waals surface area contributed by atoms with Crippen molar-refractivity contribution < 1.29 is 89.4 Å². The van der Waals surface area contributed by atoms with Crippen molar-refractivity contribution in [2.24, 2.45) is 0 Å². The van der Waals surface area contributed by atoms with Crippen molar-refractivity contribution >= 4 is 5.91 Å². The van der Waals surface area contributed by atoms with E-state index in [1.54, 1.807) is 6.08 Å². The van der Waals surface area contributed by atoms with Gasteiger partial charge in [-0.25, -0.2) is 0 Å². The lowest BCUT2D eigenvalue weighted by Crippen LogP contribution is -2.66. The lowest BCUT2D eigenvalue weighted by atomic mass is 9.96. The minimum Gasteiger partial charge on any atom is -0.394 e. The van der Waals surface area contributed by atoms with E-state index in [1.165, 1.54) is 83.5 Å². The van der Waals surface area contributed by atoms with Gasteiger partial charge in [0.2, 0.25) is 5.91 Å². The van der Waals surface area contributed by atoms with Crippen LogP contribution in [0.3, 0.4) is 0 Å². The highest BCUT2D eigenvalue weighted by Gasteiger charge is 2.53. The molecule has 0 aliphatic carbocycles. The second kappa shape index (κ2) is 45.5. The van der Waals surface area contributed by atoms with Gasteiger partial charge in [-0.2, -0.15) is 0 Å². The van der Waals surface area contributed by atoms with Crippen LogP contribution in [-0.4, -0.2) is 193 Å². The number of rotatable bonds is 45. The molecule has 82 heavy (non-hydrogen) atoms. The van der Waals surface area contributed by atoms with Gasteiger partial charge < -0.3 is 89.9 Å². The van der Waals surface area contributed by atoms with Crippen LogP contribution in [0, 0.1) is 0 Å². The number of hydrogen-bond donors (Lipinski definition) is 12. The van der Waals surface area contributed by atoms with Crippen LogP contribution < -0.4 is 5.32 Å². The molecule has 1 amide bonds. The van der Waals surface area contributed by atoms with Crippen molar-refractivity contribution in [3.05, 3.63) is 72.9 Å². The molecule has 3 saturated heterocycles. The number of ether oxygens (including phenoxy) is 6. The molecule has 17 atom stereocenters. The maximum atomic E-state index is 13.3.